The minimum absolute atomic E-state index is 0.00528. The molecule has 0 unspecified atom stereocenters. The molecule has 0 saturated heterocycles. The molecule has 74 valence electrons. The molecule has 0 aliphatic carbocycles. The van der Waals surface area contributed by atoms with Gasteiger partial charge in [-0.15, -0.1) is 0 Å². The van der Waals surface area contributed by atoms with Gasteiger partial charge in [-0.25, -0.2) is 13.8 Å². The molecule has 0 bridgehead atoms. The first-order valence-corrected chi connectivity index (χ1v) is 3.77. The van der Waals surface area contributed by atoms with E-state index in [9.17, 15) is 8.78 Å². The first-order valence-electron chi connectivity index (χ1n) is 3.77. The van der Waals surface area contributed by atoms with Gasteiger partial charge in [-0.1, -0.05) is 0 Å². The van der Waals surface area contributed by atoms with Crippen LogP contribution in [0.4, 0.5) is 14.5 Å². The average Bonchev–Trinajstić information content (AvgIpc) is 2.17. The average molecular weight is 198 g/mol. The summed E-state index contributed by atoms with van der Waals surface area (Å²) in [6.45, 7) is -0.00528. The lowest BCUT2D eigenvalue weighted by Gasteiger charge is -2.07. The lowest BCUT2D eigenvalue weighted by molar-refractivity contribution is 0.146. The Hall–Kier alpha value is -1.74. The van der Waals surface area contributed by atoms with Crippen LogP contribution in [0.2, 0.25) is 0 Å². The number of anilines is 1. The first kappa shape index (κ1) is 10.3. The number of rotatable bonds is 2. The summed E-state index contributed by atoms with van der Waals surface area (Å²) in [7, 11) is 0. The highest BCUT2D eigenvalue weighted by atomic mass is 19.3. The van der Waals surface area contributed by atoms with E-state index < -0.39 is 12.1 Å². The smallest absolute Gasteiger partial charge is 0.282 e. The Bertz CT molecular complexity index is 384. The summed E-state index contributed by atoms with van der Waals surface area (Å²) < 4.78 is 24.7. The SMILES string of the molecule is N#Cc1cc(CN)nc(C(F)F)c1N. The second-order valence-electron chi connectivity index (χ2n) is 2.58. The lowest BCUT2D eigenvalue weighted by atomic mass is 10.1. The first-order chi connectivity index (χ1) is 6.60. The molecule has 4 N–H and O–H groups in total. The van der Waals surface area contributed by atoms with E-state index in [-0.39, 0.29) is 23.5 Å². The van der Waals surface area contributed by atoms with Gasteiger partial charge >= 0.3 is 0 Å². The van der Waals surface area contributed by atoms with Crippen molar-refractivity contribution in [3.8, 4) is 6.07 Å². The second-order valence-corrected chi connectivity index (χ2v) is 2.58. The fourth-order valence-electron chi connectivity index (χ4n) is 0.993. The van der Waals surface area contributed by atoms with Crippen molar-refractivity contribution in [3.63, 3.8) is 0 Å². The van der Waals surface area contributed by atoms with Crippen LogP contribution in [-0.2, 0) is 6.54 Å². The van der Waals surface area contributed by atoms with Crippen molar-refractivity contribution in [1.29, 1.82) is 5.26 Å². The lowest BCUT2D eigenvalue weighted by Crippen LogP contribution is -2.07. The van der Waals surface area contributed by atoms with Crippen molar-refractivity contribution in [2.24, 2.45) is 5.73 Å². The van der Waals surface area contributed by atoms with Crippen LogP contribution in [-0.4, -0.2) is 4.98 Å². The maximum absolute atomic E-state index is 12.4. The summed E-state index contributed by atoms with van der Waals surface area (Å²) in [5.74, 6) is 0. The molecule has 0 atom stereocenters. The van der Waals surface area contributed by atoms with Crippen molar-refractivity contribution in [2.45, 2.75) is 13.0 Å². The largest absolute Gasteiger partial charge is 0.396 e. The number of halogens is 2. The number of nitriles is 1. The van der Waals surface area contributed by atoms with Crippen LogP contribution in [0.15, 0.2) is 6.07 Å². The van der Waals surface area contributed by atoms with Crippen LogP contribution in [0.5, 0.6) is 0 Å². The molecule has 4 nitrogen and oxygen atoms in total. The van der Waals surface area contributed by atoms with E-state index in [2.05, 4.69) is 4.98 Å². The molecule has 14 heavy (non-hydrogen) atoms. The maximum atomic E-state index is 12.4. The van der Waals surface area contributed by atoms with E-state index in [0.717, 1.165) is 0 Å². The number of hydrogen-bond acceptors (Lipinski definition) is 4. The molecule has 0 aliphatic heterocycles. The summed E-state index contributed by atoms with van der Waals surface area (Å²) in [6.07, 6.45) is -2.80. The third-order valence-electron chi connectivity index (χ3n) is 1.68. The fourth-order valence-corrected chi connectivity index (χ4v) is 0.993. The molecule has 1 aromatic heterocycles. The molecule has 0 saturated carbocycles. The number of nitrogens with two attached hydrogens (primary N) is 2. The molecular weight excluding hydrogens is 190 g/mol. The molecule has 0 aromatic carbocycles. The van der Waals surface area contributed by atoms with Gasteiger partial charge in [0.05, 0.1) is 16.9 Å². The minimum atomic E-state index is -2.80. The molecular formula is C8H8F2N4. The number of aromatic nitrogens is 1. The van der Waals surface area contributed by atoms with Crippen molar-refractivity contribution in [3.05, 3.63) is 23.0 Å². The van der Waals surface area contributed by atoms with Gasteiger partial charge in [-0.05, 0) is 6.07 Å². The summed E-state index contributed by atoms with van der Waals surface area (Å²) in [4.78, 5) is 3.55. The third kappa shape index (κ3) is 1.78. The zero-order valence-electron chi connectivity index (χ0n) is 7.17. The Labute approximate surface area is 79.1 Å². The number of nitrogens with zero attached hydrogens (tertiary/aromatic N) is 2. The number of alkyl halides is 2. The molecule has 1 aromatic rings. The van der Waals surface area contributed by atoms with Gasteiger partial charge in [0.15, 0.2) is 0 Å². The van der Waals surface area contributed by atoms with Gasteiger partial charge in [0.1, 0.15) is 11.8 Å². The Morgan fingerprint density at radius 1 is 1.57 bits per heavy atom. The predicted molar refractivity (Wildman–Crippen MR) is 46.2 cm³/mol. The fraction of sp³-hybridized carbons (Fsp3) is 0.250. The van der Waals surface area contributed by atoms with Gasteiger partial charge in [0, 0.05) is 6.54 Å². The Morgan fingerprint density at radius 2 is 2.21 bits per heavy atom. The van der Waals surface area contributed by atoms with Crippen LogP contribution in [0.25, 0.3) is 0 Å². The third-order valence-corrected chi connectivity index (χ3v) is 1.68. The van der Waals surface area contributed by atoms with Crippen molar-refractivity contribution in [1.82, 2.24) is 4.98 Å². The molecule has 0 radical (unpaired) electrons. The van der Waals surface area contributed by atoms with Crippen LogP contribution in [0.1, 0.15) is 23.4 Å². The van der Waals surface area contributed by atoms with E-state index in [1.54, 1.807) is 6.07 Å². The highest BCUT2D eigenvalue weighted by molar-refractivity contribution is 5.58. The maximum Gasteiger partial charge on any atom is 0.282 e. The zero-order valence-corrected chi connectivity index (χ0v) is 7.17. The predicted octanol–water partition coefficient (Wildman–Crippen LogP) is 0.932. The Kier molecular flexibility index (Phi) is 2.94. The monoisotopic (exact) mass is 198 g/mol. The summed E-state index contributed by atoms with van der Waals surface area (Å²) in [5.41, 5.74) is 9.90. The quantitative estimate of drug-likeness (QED) is 0.739. The van der Waals surface area contributed by atoms with E-state index in [1.807, 2.05) is 0 Å². The topological polar surface area (TPSA) is 88.7 Å². The summed E-state index contributed by atoms with van der Waals surface area (Å²) >= 11 is 0. The molecule has 0 spiro atoms. The minimum Gasteiger partial charge on any atom is -0.396 e. The molecule has 0 amide bonds. The van der Waals surface area contributed by atoms with E-state index in [4.69, 9.17) is 16.7 Å². The van der Waals surface area contributed by atoms with Gasteiger partial charge in [0.2, 0.25) is 0 Å². The van der Waals surface area contributed by atoms with Gasteiger partial charge in [-0.3, -0.25) is 0 Å². The standard InChI is InChI=1S/C8H8F2N4/c9-8(10)7-6(13)4(2-11)1-5(3-12)14-7/h1,8H,3,12-13H2. The van der Waals surface area contributed by atoms with Crippen LogP contribution in [0.3, 0.4) is 0 Å². The van der Waals surface area contributed by atoms with E-state index in [0.29, 0.717) is 0 Å². The molecule has 6 heteroatoms. The van der Waals surface area contributed by atoms with Gasteiger partial charge in [0.25, 0.3) is 6.43 Å². The highest BCUT2D eigenvalue weighted by Crippen LogP contribution is 2.25. The van der Waals surface area contributed by atoms with Gasteiger partial charge in [-0.2, -0.15) is 5.26 Å². The number of pyridine rings is 1. The summed E-state index contributed by atoms with van der Waals surface area (Å²) in [6, 6.07) is 3.02. The van der Waals surface area contributed by atoms with E-state index >= 15 is 0 Å². The van der Waals surface area contributed by atoms with Gasteiger partial charge < -0.3 is 11.5 Å². The van der Waals surface area contributed by atoms with Crippen LogP contribution < -0.4 is 11.5 Å². The van der Waals surface area contributed by atoms with Crippen molar-refractivity contribution in [2.75, 3.05) is 5.73 Å². The summed E-state index contributed by atoms with van der Waals surface area (Å²) in [5, 5.41) is 8.60. The number of nitrogen functional groups attached to an aromatic ring is 1. The van der Waals surface area contributed by atoms with Crippen molar-refractivity contribution < 1.29 is 8.78 Å². The normalized spacial score (nSPS) is 10.2. The molecule has 0 aliphatic rings. The highest BCUT2D eigenvalue weighted by Gasteiger charge is 2.17. The van der Waals surface area contributed by atoms with Crippen LogP contribution >= 0.6 is 0 Å². The Morgan fingerprint density at radius 3 is 2.64 bits per heavy atom. The van der Waals surface area contributed by atoms with Crippen LogP contribution in [0, 0.1) is 11.3 Å². The molecule has 1 rings (SSSR count). The van der Waals surface area contributed by atoms with E-state index in [1.165, 1.54) is 6.07 Å². The Balaban J connectivity index is 3.36. The molecule has 1 heterocycles. The zero-order chi connectivity index (χ0) is 10.7. The second kappa shape index (κ2) is 3.98. The van der Waals surface area contributed by atoms with Crippen molar-refractivity contribution >= 4 is 5.69 Å². The number of hydrogen-bond donors (Lipinski definition) is 2. The molecule has 0 fully saturated rings.